The van der Waals surface area contributed by atoms with Crippen molar-refractivity contribution in [1.82, 2.24) is 14.7 Å². The lowest BCUT2D eigenvalue weighted by Crippen LogP contribution is -2.21. The van der Waals surface area contributed by atoms with E-state index in [0.717, 1.165) is 19.6 Å². The Morgan fingerprint density at radius 3 is 2.89 bits per heavy atom. The normalized spacial score (nSPS) is 21.3. The third-order valence-corrected chi connectivity index (χ3v) is 3.28. The lowest BCUT2D eigenvalue weighted by Gasteiger charge is -2.20. The molecule has 0 amide bonds. The Balaban J connectivity index is 1.93. The van der Waals surface area contributed by atoms with E-state index in [4.69, 9.17) is 15.0 Å². The Bertz CT molecular complexity index is 488. The highest BCUT2D eigenvalue weighted by molar-refractivity contribution is 5.05. The average Bonchev–Trinajstić information content (AvgIpc) is 3.13. The van der Waals surface area contributed by atoms with Gasteiger partial charge < -0.3 is 19.6 Å². The molecule has 0 aromatic carbocycles. The molecular formula is C12H16N4O2. The smallest absolute Gasteiger partial charge is 0.240 e. The Labute approximate surface area is 105 Å². The van der Waals surface area contributed by atoms with Gasteiger partial charge in [-0.1, -0.05) is 5.16 Å². The van der Waals surface area contributed by atoms with Crippen LogP contribution in [0.4, 0.5) is 0 Å². The summed E-state index contributed by atoms with van der Waals surface area (Å²) in [4.78, 5) is 4.35. The van der Waals surface area contributed by atoms with Crippen LogP contribution in [-0.4, -0.2) is 27.9 Å². The van der Waals surface area contributed by atoms with Crippen LogP contribution in [0.25, 0.3) is 0 Å². The van der Waals surface area contributed by atoms with Crippen LogP contribution in [0, 0.1) is 5.92 Å². The predicted octanol–water partition coefficient (Wildman–Crippen LogP) is 0.956. The molecule has 0 unspecified atom stereocenters. The molecular weight excluding hydrogens is 232 g/mol. The van der Waals surface area contributed by atoms with E-state index in [1.165, 1.54) is 0 Å². The molecule has 2 atom stereocenters. The first kappa shape index (κ1) is 11.4. The van der Waals surface area contributed by atoms with Crippen molar-refractivity contribution in [2.24, 2.45) is 11.7 Å². The van der Waals surface area contributed by atoms with Crippen molar-refractivity contribution in [3.05, 3.63) is 36.2 Å². The summed E-state index contributed by atoms with van der Waals surface area (Å²) in [7, 11) is 0. The minimum absolute atomic E-state index is 0.0616. The van der Waals surface area contributed by atoms with Crippen molar-refractivity contribution in [3.8, 4) is 0 Å². The molecule has 0 aliphatic carbocycles. The summed E-state index contributed by atoms with van der Waals surface area (Å²) in [6, 6.07) is 4.05. The minimum Gasteiger partial charge on any atom is -0.381 e. The van der Waals surface area contributed by atoms with E-state index < -0.39 is 0 Å². The van der Waals surface area contributed by atoms with Gasteiger partial charge in [0, 0.05) is 24.9 Å². The van der Waals surface area contributed by atoms with Gasteiger partial charge in [0.2, 0.25) is 5.89 Å². The lowest BCUT2D eigenvalue weighted by molar-refractivity contribution is 0.176. The van der Waals surface area contributed by atoms with E-state index in [1.807, 2.05) is 24.5 Å². The first-order valence-corrected chi connectivity index (χ1v) is 6.11. The van der Waals surface area contributed by atoms with Gasteiger partial charge in [-0.15, -0.1) is 0 Å². The van der Waals surface area contributed by atoms with Crippen LogP contribution >= 0.6 is 0 Å². The van der Waals surface area contributed by atoms with Crippen molar-refractivity contribution in [3.63, 3.8) is 0 Å². The molecule has 1 aliphatic heterocycles. The lowest BCUT2D eigenvalue weighted by atomic mass is 9.98. The van der Waals surface area contributed by atoms with Crippen LogP contribution in [0.15, 0.2) is 29.0 Å². The van der Waals surface area contributed by atoms with Gasteiger partial charge in [-0.05, 0) is 18.6 Å². The van der Waals surface area contributed by atoms with Gasteiger partial charge >= 0.3 is 0 Å². The average molecular weight is 248 g/mol. The van der Waals surface area contributed by atoms with Crippen molar-refractivity contribution < 1.29 is 9.26 Å². The molecule has 18 heavy (non-hydrogen) atoms. The maximum absolute atomic E-state index is 5.51. The molecule has 6 nitrogen and oxygen atoms in total. The highest BCUT2D eigenvalue weighted by atomic mass is 16.5. The fourth-order valence-corrected chi connectivity index (χ4v) is 2.39. The van der Waals surface area contributed by atoms with Crippen LogP contribution in [0.1, 0.15) is 24.2 Å². The second kappa shape index (κ2) is 4.91. The molecule has 2 N–H and O–H groups in total. The molecule has 1 fully saturated rings. The SMILES string of the molecule is NCc1nc([C@H]([C@@H]2CCOC2)n2cccc2)no1. The van der Waals surface area contributed by atoms with Crippen LogP contribution in [0.2, 0.25) is 0 Å². The maximum atomic E-state index is 5.51. The third-order valence-electron chi connectivity index (χ3n) is 3.28. The predicted molar refractivity (Wildman–Crippen MR) is 63.7 cm³/mol. The van der Waals surface area contributed by atoms with E-state index >= 15 is 0 Å². The van der Waals surface area contributed by atoms with Gasteiger partial charge in [-0.3, -0.25) is 0 Å². The highest BCUT2D eigenvalue weighted by Crippen LogP contribution is 2.30. The van der Waals surface area contributed by atoms with Crippen molar-refractivity contribution in [1.29, 1.82) is 0 Å². The van der Waals surface area contributed by atoms with Gasteiger partial charge in [0.25, 0.3) is 0 Å². The fraction of sp³-hybridized carbons (Fsp3) is 0.500. The van der Waals surface area contributed by atoms with Crippen LogP contribution in [-0.2, 0) is 11.3 Å². The first-order valence-electron chi connectivity index (χ1n) is 6.11. The van der Waals surface area contributed by atoms with E-state index in [9.17, 15) is 0 Å². The zero-order valence-corrected chi connectivity index (χ0v) is 10.0. The maximum Gasteiger partial charge on any atom is 0.240 e. The second-order valence-corrected chi connectivity index (χ2v) is 4.45. The summed E-state index contributed by atoms with van der Waals surface area (Å²) in [5.41, 5.74) is 5.51. The highest BCUT2D eigenvalue weighted by Gasteiger charge is 2.31. The molecule has 0 spiro atoms. The summed E-state index contributed by atoms with van der Waals surface area (Å²) in [6.45, 7) is 1.80. The molecule has 0 radical (unpaired) electrons. The first-order chi connectivity index (χ1) is 8.88. The van der Waals surface area contributed by atoms with E-state index in [2.05, 4.69) is 14.7 Å². The number of nitrogens with two attached hydrogens (primary N) is 1. The molecule has 3 rings (SSSR count). The van der Waals surface area contributed by atoms with Gasteiger partial charge in [0.1, 0.15) is 6.04 Å². The molecule has 0 saturated carbocycles. The van der Waals surface area contributed by atoms with Gasteiger partial charge in [0.15, 0.2) is 5.82 Å². The van der Waals surface area contributed by atoms with Crippen LogP contribution in [0.5, 0.6) is 0 Å². The second-order valence-electron chi connectivity index (χ2n) is 4.45. The zero-order valence-electron chi connectivity index (χ0n) is 10.0. The number of hydrogen-bond donors (Lipinski definition) is 1. The summed E-state index contributed by atoms with van der Waals surface area (Å²) < 4.78 is 12.7. The molecule has 96 valence electrons. The van der Waals surface area contributed by atoms with Crippen molar-refractivity contribution in [2.75, 3.05) is 13.2 Å². The summed E-state index contributed by atoms with van der Waals surface area (Å²) in [6.07, 6.45) is 5.04. The number of rotatable bonds is 4. The summed E-state index contributed by atoms with van der Waals surface area (Å²) >= 11 is 0. The largest absolute Gasteiger partial charge is 0.381 e. The van der Waals surface area contributed by atoms with Crippen molar-refractivity contribution >= 4 is 0 Å². The molecule has 2 aromatic rings. The van der Waals surface area contributed by atoms with Gasteiger partial charge in [-0.25, -0.2) is 0 Å². The van der Waals surface area contributed by atoms with Gasteiger partial charge in [0.05, 0.1) is 13.2 Å². The number of aromatic nitrogens is 3. The minimum atomic E-state index is 0.0616. The monoisotopic (exact) mass is 248 g/mol. The molecule has 3 heterocycles. The topological polar surface area (TPSA) is 79.1 Å². The third kappa shape index (κ3) is 2.04. The van der Waals surface area contributed by atoms with Crippen LogP contribution in [0.3, 0.4) is 0 Å². The van der Waals surface area contributed by atoms with Crippen LogP contribution < -0.4 is 5.73 Å². The molecule has 1 aliphatic rings. The molecule has 1 saturated heterocycles. The van der Waals surface area contributed by atoms with E-state index in [-0.39, 0.29) is 12.6 Å². The number of hydrogen-bond acceptors (Lipinski definition) is 5. The Morgan fingerprint density at radius 1 is 1.44 bits per heavy atom. The zero-order chi connectivity index (χ0) is 12.4. The summed E-state index contributed by atoms with van der Waals surface area (Å²) in [5.74, 6) is 1.53. The van der Waals surface area contributed by atoms with E-state index in [1.54, 1.807) is 0 Å². The quantitative estimate of drug-likeness (QED) is 0.871. The molecule has 6 heteroatoms. The van der Waals surface area contributed by atoms with Crippen molar-refractivity contribution in [2.45, 2.75) is 19.0 Å². The Morgan fingerprint density at radius 2 is 2.28 bits per heavy atom. The number of nitrogens with zero attached hydrogens (tertiary/aromatic N) is 3. The fourth-order valence-electron chi connectivity index (χ4n) is 2.39. The Kier molecular flexibility index (Phi) is 3.12. The Hall–Kier alpha value is -1.66. The summed E-state index contributed by atoms with van der Waals surface area (Å²) in [5, 5.41) is 4.05. The standard InChI is InChI=1S/C12H16N4O2/c13-7-10-14-12(15-18-10)11(9-3-6-17-8-9)16-4-1-2-5-16/h1-2,4-5,9,11H,3,6-8,13H2/t9-,11+/m1/s1. The number of ether oxygens (including phenoxy) is 1. The van der Waals surface area contributed by atoms with Gasteiger partial charge in [-0.2, -0.15) is 4.98 Å². The molecule has 0 bridgehead atoms. The molecule has 2 aromatic heterocycles. The van der Waals surface area contributed by atoms with E-state index in [0.29, 0.717) is 17.6 Å².